The third-order valence-electron chi connectivity index (χ3n) is 4.63. The summed E-state index contributed by atoms with van der Waals surface area (Å²) in [7, 11) is 0.692. The van der Waals surface area contributed by atoms with E-state index in [1.165, 1.54) is 33.4 Å². The van der Waals surface area contributed by atoms with Gasteiger partial charge in [-0.15, -0.1) is 0 Å². The Kier molecular flexibility index (Phi) is 8.01. The Hall–Kier alpha value is -3.11. The molecule has 0 bridgehead atoms. The first-order valence-corrected chi connectivity index (χ1v) is 10.9. The molecule has 31 heavy (non-hydrogen) atoms. The van der Waals surface area contributed by atoms with Crippen molar-refractivity contribution in [1.29, 1.82) is 0 Å². The summed E-state index contributed by atoms with van der Waals surface area (Å²) in [6, 6.07) is 8.72. The fourth-order valence-electron chi connectivity index (χ4n) is 2.80. The van der Waals surface area contributed by atoms with Gasteiger partial charge in [-0.05, 0) is 56.3 Å². The van der Waals surface area contributed by atoms with E-state index in [9.17, 15) is 18.0 Å². The smallest absolute Gasteiger partial charge is 0.246 e. The Morgan fingerprint density at radius 3 is 2.32 bits per heavy atom. The first-order chi connectivity index (χ1) is 14.6. The summed E-state index contributed by atoms with van der Waals surface area (Å²) in [5.74, 6) is 0.239. The lowest BCUT2D eigenvalue weighted by Crippen LogP contribution is -2.42. The number of aryl methyl sites for hydroxylation is 1. The molecule has 0 fully saturated rings. The van der Waals surface area contributed by atoms with E-state index in [1.807, 2.05) is 0 Å². The molecule has 0 saturated heterocycles. The molecule has 0 aromatic heterocycles. The van der Waals surface area contributed by atoms with Crippen molar-refractivity contribution in [2.45, 2.75) is 31.2 Å². The number of amides is 2. The van der Waals surface area contributed by atoms with Crippen LogP contribution in [0.3, 0.4) is 0 Å². The highest BCUT2D eigenvalue weighted by Crippen LogP contribution is 2.27. The van der Waals surface area contributed by atoms with E-state index in [1.54, 1.807) is 38.1 Å². The molecule has 2 rings (SSSR count). The van der Waals surface area contributed by atoms with Gasteiger partial charge in [0.05, 0.1) is 25.5 Å². The van der Waals surface area contributed by atoms with Crippen molar-refractivity contribution in [2.24, 2.45) is 0 Å². The molecule has 2 aromatic rings. The van der Waals surface area contributed by atoms with Crippen molar-refractivity contribution in [3.05, 3.63) is 47.5 Å². The number of nitrogens with one attached hydrogen (secondary N) is 3. The number of benzene rings is 2. The molecule has 2 amide bonds. The van der Waals surface area contributed by atoms with Crippen molar-refractivity contribution in [3.8, 4) is 11.5 Å². The Bertz CT molecular complexity index is 1070. The minimum atomic E-state index is -3.65. The molecular weight excluding hydrogens is 422 g/mol. The molecule has 0 radical (unpaired) electrons. The number of methoxy groups -OCH3 is 2. The molecule has 0 aliphatic rings. The van der Waals surface area contributed by atoms with E-state index in [0.29, 0.717) is 28.3 Å². The maximum Gasteiger partial charge on any atom is 0.246 e. The molecule has 1 atom stereocenters. The standard InChI is InChI=1S/C21H27N3O6S/c1-13-6-8-16(31(27,28)22-3)12-17(13)24-21(26)14(2)23-20(25)11-15-7-9-18(29-4)19(10-15)30-5/h6-10,12,14,22H,11H2,1-5H3,(H,23,25)(H,24,26). The average molecular weight is 450 g/mol. The lowest BCUT2D eigenvalue weighted by molar-refractivity contribution is -0.125. The predicted molar refractivity (Wildman–Crippen MR) is 117 cm³/mol. The highest BCUT2D eigenvalue weighted by Gasteiger charge is 2.19. The summed E-state index contributed by atoms with van der Waals surface area (Å²) < 4.78 is 36.6. The van der Waals surface area contributed by atoms with Crippen LogP contribution in [0.5, 0.6) is 11.5 Å². The largest absolute Gasteiger partial charge is 0.493 e. The number of anilines is 1. The van der Waals surface area contributed by atoms with Crippen LogP contribution >= 0.6 is 0 Å². The van der Waals surface area contributed by atoms with Crippen LogP contribution in [-0.2, 0) is 26.0 Å². The van der Waals surface area contributed by atoms with Crippen LogP contribution in [0.25, 0.3) is 0 Å². The number of hydrogen-bond acceptors (Lipinski definition) is 6. The number of carbonyl (C=O) groups is 2. The fourth-order valence-corrected chi connectivity index (χ4v) is 3.55. The quantitative estimate of drug-likeness (QED) is 0.535. The van der Waals surface area contributed by atoms with Crippen LogP contribution in [0.1, 0.15) is 18.1 Å². The molecule has 168 valence electrons. The molecule has 0 spiro atoms. The first-order valence-electron chi connectivity index (χ1n) is 9.46. The fraction of sp³-hybridized carbons (Fsp3) is 0.333. The molecule has 0 heterocycles. The third-order valence-corrected chi connectivity index (χ3v) is 6.04. The number of sulfonamides is 1. The van der Waals surface area contributed by atoms with Crippen LogP contribution < -0.4 is 24.8 Å². The van der Waals surface area contributed by atoms with Gasteiger partial charge in [-0.3, -0.25) is 9.59 Å². The highest BCUT2D eigenvalue weighted by molar-refractivity contribution is 7.89. The topological polar surface area (TPSA) is 123 Å². The zero-order valence-corrected chi connectivity index (χ0v) is 18.9. The SMILES string of the molecule is CNS(=O)(=O)c1ccc(C)c(NC(=O)C(C)NC(=O)Cc2ccc(OC)c(OC)c2)c1. The van der Waals surface area contributed by atoms with Gasteiger partial charge in [-0.1, -0.05) is 12.1 Å². The van der Waals surface area contributed by atoms with E-state index in [0.717, 1.165) is 0 Å². The molecule has 0 aliphatic heterocycles. The van der Waals surface area contributed by atoms with Gasteiger partial charge in [-0.2, -0.15) is 0 Å². The van der Waals surface area contributed by atoms with E-state index >= 15 is 0 Å². The maximum absolute atomic E-state index is 12.5. The Labute approximate surface area is 182 Å². The second-order valence-corrected chi connectivity index (χ2v) is 8.72. The minimum Gasteiger partial charge on any atom is -0.493 e. The predicted octanol–water partition coefficient (Wildman–Crippen LogP) is 1.61. The third kappa shape index (κ3) is 6.19. The van der Waals surface area contributed by atoms with Crippen molar-refractivity contribution in [3.63, 3.8) is 0 Å². The molecule has 0 saturated carbocycles. The van der Waals surface area contributed by atoms with Gasteiger partial charge >= 0.3 is 0 Å². The molecule has 1 unspecified atom stereocenters. The Morgan fingerprint density at radius 1 is 1.03 bits per heavy atom. The zero-order valence-electron chi connectivity index (χ0n) is 18.1. The molecule has 0 aliphatic carbocycles. The average Bonchev–Trinajstić information content (AvgIpc) is 2.74. The molecule has 9 nitrogen and oxygen atoms in total. The van der Waals surface area contributed by atoms with E-state index < -0.39 is 22.0 Å². The lowest BCUT2D eigenvalue weighted by Gasteiger charge is -2.16. The van der Waals surface area contributed by atoms with E-state index in [2.05, 4.69) is 15.4 Å². The molecule has 10 heteroatoms. The van der Waals surface area contributed by atoms with Crippen LogP contribution in [0.4, 0.5) is 5.69 Å². The Balaban J connectivity index is 2.04. The summed E-state index contributed by atoms with van der Waals surface area (Å²) in [6.07, 6.45) is 0.0485. The van der Waals surface area contributed by atoms with Crippen LogP contribution in [0.15, 0.2) is 41.3 Å². The van der Waals surface area contributed by atoms with Crippen molar-refractivity contribution in [1.82, 2.24) is 10.0 Å². The molecular formula is C21H27N3O6S. The number of rotatable bonds is 9. The highest BCUT2D eigenvalue weighted by atomic mass is 32.2. The van der Waals surface area contributed by atoms with Gasteiger partial charge in [0, 0.05) is 5.69 Å². The van der Waals surface area contributed by atoms with Crippen LogP contribution in [-0.4, -0.2) is 47.5 Å². The van der Waals surface area contributed by atoms with E-state index in [-0.39, 0.29) is 17.2 Å². The van der Waals surface area contributed by atoms with Gasteiger partial charge in [0.1, 0.15) is 6.04 Å². The lowest BCUT2D eigenvalue weighted by atomic mass is 10.1. The summed E-state index contributed by atoms with van der Waals surface area (Å²) >= 11 is 0. The van der Waals surface area contributed by atoms with Crippen LogP contribution in [0.2, 0.25) is 0 Å². The van der Waals surface area contributed by atoms with Gasteiger partial charge in [0.25, 0.3) is 0 Å². The van der Waals surface area contributed by atoms with E-state index in [4.69, 9.17) is 9.47 Å². The monoisotopic (exact) mass is 449 g/mol. The summed E-state index contributed by atoms with van der Waals surface area (Å²) in [5.41, 5.74) is 1.73. The summed E-state index contributed by atoms with van der Waals surface area (Å²) in [6.45, 7) is 3.29. The summed E-state index contributed by atoms with van der Waals surface area (Å²) in [5, 5.41) is 5.30. The number of hydrogen-bond donors (Lipinski definition) is 3. The minimum absolute atomic E-state index is 0.0287. The molecule has 2 aromatic carbocycles. The first kappa shape index (κ1) is 24.2. The van der Waals surface area contributed by atoms with Crippen LogP contribution in [0, 0.1) is 6.92 Å². The van der Waals surface area contributed by atoms with Gasteiger partial charge in [-0.25, -0.2) is 13.1 Å². The van der Waals surface area contributed by atoms with Gasteiger partial charge in [0.15, 0.2) is 11.5 Å². The normalized spacial score (nSPS) is 12.0. The number of ether oxygens (including phenoxy) is 2. The summed E-state index contributed by atoms with van der Waals surface area (Å²) in [4.78, 5) is 24.9. The molecule has 3 N–H and O–H groups in total. The van der Waals surface area contributed by atoms with Gasteiger partial charge < -0.3 is 20.1 Å². The van der Waals surface area contributed by atoms with Crippen molar-refractivity contribution < 1.29 is 27.5 Å². The van der Waals surface area contributed by atoms with Crippen molar-refractivity contribution >= 4 is 27.5 Å². The number of carbonyl (C=O) groups excluding carboxylic acids is 2. The maximum atomic E-state index is 12.5. The van der Waals surface area contributed by atoms with Crippen molar-refractivity contribution in [2.75, 3.05) is 26.6 Å². The van der Waals surface area contributed by atoms with Gasteiger partial charge in [0.2, 0.25) is 21.8 Å². The second kappa shape index (κ2) is 10.3. The zero-order chi connectivity index (χ0) is 23.2. The second-order valence-electron chi connectivity index (χ2n) is 6.83. The Morgan fingerprint density at radius 2 is 1.71 bits per heavy atom.